The van der Waals surface area contributed by atoms with Gasteiger partial charge in [-0.2, -0.15) is 5.10 Å². The van der Waals surface area contributed by atoms with Crippen molar-refractivity contribution in [2.75, 3.05) is 43.1 Å². The largest absolute Gasteiger partial charge is 0.496 e. The Hall–Kier alpha value is -2.83. The van der Waals surface area contributed by atoms with E-state index >= 15 is 0 Å². The molecule has 0 radical (unpaired) electrons. The van der Waals surface area contributed by atoms with E-state index in [9.17, 15) is 0 Å². The molecule has 1 unspecified atom stereocenters. The summed E-state index contributed by atoms with van der Waals surface area (Å²) in [5.41, 5.74) is 3.90. The van der Waals surface area contributed by atoms with Gasteiger partial charge in [0.15, 0.2) is 5.65 Å². The lowest BCUT2D eigenvalue weighted by Gasteiger charge is -2.37. The van der Waals surface area contributed by atoms with Crippen LogP contribution in [0, 0.1) is 6.92 Å². The highest BCUT2D eigenvalue weighted by Gasteiger charge is 2.23. The average molecular weight is 353 g/mol. The number of aromatic amines is 1. The van der Waals surface area contributed by atoms with E-state index in [4.69, 9.17) is 6.11 Å². The summed E-state index contributed by atoms with van der Waals surface area (Å²) in [4.78, 5) is 13.1. The van der Waals surface area contributed by atoms with Gasteiger partial charge in [0, 0.05) is 43.1 Å². The normalized spacial score (nSPS) is 18.3. The van der Waals surface area contributed by atoms with Crippen LogP contribution in [0.15, 0.2) is 24.5 Å². The standard InChI is InChI=1S/C19H24N6O/c1-4-14-17-18(23-22-14)20-12-21-19(17)25-10-8-24(9-11-25)15-6-5-7-16(26-3)13(15)2/h5-7,12H,4,8-11H2,1-3H3,(H,20,21,22,23)/i10D. The number of piperazine rings is 1. The van der Waals surface area contributed by atoms with Gasteiger partial charge >= 0.3 is 0 Å². The molecule has 7 nitrogen and oxygen atoms in total. The van der Waals surface area contributed by atoms with E-state index in [0.29, 0.717) is 18.7 Å². The monoisotopic (exact) mass is 353 g/mol. The fourth-order valence-corrected chi connectivity index (χ4v) is 3.56. The summed E-state index contributed by atoms with van der Waals surface area (Å²) in [6.07, 6.45) is 2.35. The lowest BCUT2D eigenvalue weighted by Crippen LogP contribution is -2.47. The van der Waals surface area contributed by atoms with Crippen molar-refractivity contribution in [3.05, 3.63) is 35.8 Å². The highest BCUT2D eigenvalue weighted by atomic mass is 16.5. The quantitative estimate of drug-likeness (QED) is 0.777. The first-order valence-corrected chi connectivity index (χ1v) is 8.89. The lowest BCUT2D eigenvalue weighted by molar-refractivity contribution is 0.411. The number of nitrogens with one attached hydrogen (secondary N) is 1. The van der Waals surface area contributed by atoms with Crippen LogP contribution in [0.4, 0.5) is 11.5 Å². The summed E-state index contributed by atoms with van der Waals surface area (Å²) in [5.74, 6) is 1.67. The Kier molecular flexibility index (Phi) is 4.05. The summed E-state index contributed by atoms with van der Waals surface area (Å²) in [7, 11) is 1.69. The van der Waals surface area contributed by atoms with Crippen molar-refractivity contribution in [3.63, 3.8) is 0 Å². The molecule has 2 aromatic heterocycles. The number of methoxy groups -OCH3 is 1. The second-order valence-corrected chi connectivity index (χ2v) is 6.38. The van der Waals surface area contributed by atoms with E-state index in [2.05, 4.69) is 45.0 Å². The van der Waals surface area contributed by atoms with E-state index in [1.165, 1.54) is 6.33 Å². The predicted molar refractivity (Wildman–Crippen MR) is 103 cm³/mol. The van der Waals surface area contributed by atoms with Crippen molar-refractivity contribution in [2.45, 2.75) is 20.3 Å². The molecule has 1 saturated heterocycles. The number of aromatic nitrogens is 4. The van der Waals surface area contributed by atoms with Crippen LogP contribution in [0.3, 0.4) is 0 Å². The van der Waals surface area contributed by atoms with Gasteiger partial charge in [-0.25, -0.2) is 9.97 Å². The molecule has 1 aromatic carbocycles. The minimum atomic E-state index is -0.429. The number of hydrogen-bond acceptors (Lipinski definition) is 6. The molecule has 0 spiro atoms. The molecule has 3 heterocycles. The number of rotatable bonds is 4. The molecule has 0 saturated carbocycles. The van der Waals surface area contributed by atoms with Gasteiger partial charge in [-0.1, -0.05) is 13.0 Å². The molecule has 1 aliphatic rings. The Bertz CT molecular complexity index is 959. The molecule has 1 N–H and O–H groups in total. The molecule has 0 bridgehead atoms. The molecule has 1 fully saturated rings. The van der Waals surface area contributed by atoms with E-state index in [1.807, 2.05) is 17.0 Å². The number of H-pyrrole nitrogens is 1. The molecule has 0 amide bonds. The minimum absolute atomic E-state index is 0.429. The van der Waals surface area contributed by atoms with Gasteiger partial charge in [-0.15, -0.1) is 0 Å². The SMILES string of the molecule is [2H]C1CN(c2cccc(OC)c2C)CCN1c1ncnc2n[nH]c(CC)c12. The number of fused-ring (bicyclic) bond motifs is 1. The third kappa shape index (κ3) is 2.73. The van der Waals surface area contributed by atoms with E-state index in [1.54, 1.807) is 7.11 Å². The zero-order valence-electron chi connectivity index (χ0n) is 16.4. The van der Waals surface area contributed by atoms with E-state index < -0.39 is 6.52 Å². The van der Waals surface area contributed by atoms with Crippen molar-refractivity contribution < 1.29 is 6.11 Å². The van der Waals surface area contributed by atoms with Crippen LogP contribution >= 0.6 is 0 Å². The van der Waals surface area contributed by atoms with Gasteiger partial charge in [0.1, 0.15) is 17.9 Å². The number of anilines is 2. The summed E-state index contributed by atoms with van der Waals surface area (Å²) in [6, 6.07) is 6.06. The van der Waals surface area contributed by atoms with Gasteiger partial charge in [-0.05, 0) is 25.5 Å². The molecule has 26 heavy (non-hydrogen) atoms. The molecule has 4 rings (SSSR count). The zero-order chi connectivity index (χ0) is 19.0. The van der Waals surface area contributed by atoms with Crippen LogP contribution in [0.2, 0.25) is 0 Å². The van der Waals surface area contributed by atoms with Crippen LogP contribution in [-0.4, -0.2) is 53.4 Å². The summed E-state index contributed by atoms with van der Waals surface area (Å²) >= 11 is 0. The Morgan fingerprint density at radius 2 is 2.08 bits per heavy atom. The van der Waals surface area contributed by atoms with Gasteiger partial charge in [0.05, 0.1) is 13.9 Å². The van der Waals surface area contributed by atoms with Crippen molar-refractivity contribution in [2.24, 2.45) is 0 Å². The molecule has 136 valence electrons. The number of hydrogen-bond donors (Lipinski definition) is 1. The molecular weight excluding hydrogens is 328 g/mol. The number of aryl methyl sites for hydroxylation is 1. The van der Waals surface area contributed by atoms with Gasteiger partial charge in [-0.3, -0.25) is 5.10 Å². The number of nitrogens with zero attached hydrogens (tertiary/aromatic N) is 5. The summed E-state index contributed by atoms with van der Waals surface area (Å²) in [6.45, 7) is 5.83. The minimum Gasteiger partial charge on any atom is -0.496 e. The van der Waals surface area contributed by atoms with E-state index in [-0.39, 0.29) is 0 Å². The van der Waals surface area contributed by atoms with Crippen LogP contribution in [-0.2, 0) is 6.42 Å². The topological polar surface area (TPSA) is 70.2 Å². The van der Waals surface area contributed by atoms with E-state index in [0.717, 1.165) is 46.9 Å². The van der Waals surface area contributed by atoms with Gasteiger partial charge < -0.3 is 14.5 Å². The highest BCUT2D eigenvalue weighted by Crippen LogP contribution is 2.31. The maximum atomic E-state index is 8.73. The second kappa shape index (κ2) is 6.82. The molecule has 7 heteroatoms. The Balaban J connectivity index is 1.63. The highest BCUT2D eigenvalue weighted by molar-refractivity contribution is 5.89. The van der Waals surface area contributed by atoms with Crippen LogP contribution < -0.4 is 14.5 Å². The van der Waals surface area contributed by atoms with Crippen LogP contribution in [0.1, 0.15) is 19.6 Å². The number of benzene rings is 1. The average Bonchev–Trinajstić information content (AvgIpc) is 3.11. The third-order valence-electron chi connectivity index (χ3n) is 4.98. The fourth-order valence-electron chi connectivity index (χ4n) is 3.56. The fraction of sp³-hybridized carbons (Fsp3) is 0.421. The smallest absolute Gasteiger partial charge is 0.186 e. The molecule has 3 aromatic rings. The Morgan fingerprint density at radius 1 is 1.23 bits per heavy atom. The second-order valence-electron chi connectivity index (χ2n) is 6.38. The maximum Gasteiger partial charge on any atom is 0.186 e. The van der Waals surface area contributed by atoms with Crippen molar-refractivity contribution in [1.82, 2.24) is 20.2 Å². The van der Waals surface area contributed by atoms with Crippen molar-refractivity contribution >= 4 is 22.5 Å². The zero-order valence-corrected chi connectivity index (χ0v) is 15.4. The number of ether oxygens (including phenoxy) is 1. The first-order chi connectivity index (χ1) is 13.1. The Morgan fingerprint density at radius 3 is 2.85 bits per heavy atom. The van der Waals surface area contributed by atoms with Crippen LogP contribution in [0.5, 0.6) is 5.75 Å². The molecule has 1 aliphatic heterocycles. The van der Waals surface area contributed by atoms with Crippen molar-refractivity contribution in [1.29, 1.82) is 0 Å². The lowest BCUT2D eigenvalue weighted by atomic mass is 10.1. The van der Waals surface area contributed by atoms with Crippen molar-refractivity contribution in [3.8, 4) is 5.75 Å². The molecule has 1 atom stereocenters. The van der Waals surface area contributed by atoms with Gasteiger partial charge in [0.2, 0.25) is 0 Å². The summed E-state index contributed by atoms with van der Waals surface area (Å²) < 4.78 is 14.2. The molecule has 0 aliphatic carbocycles. The first kappa shape index (κ1) is 15.4. The maximum absolute atomic E-state index is 8.73. The molecular formula is C19H24N6O. The summed E-state index contributed by atoms with van der Waals surface area (Å²) in [5, 5.41) is 8.26. The Labute approximate surface area is 154 Å². The van der Waals surface area contributed by atoms with Crippen LogP contribution in [0.25, 0.3) is 11.0 Å². The predicted octanol–water partition coefficient (Wildman–Crippen LogP) is 2.56. The third-order valence-corrected chi connectivity index (χ3v) is 4.98. The first-order valence-electron chi connectivity index (χ1n) is 9.47. The van der Waals surface area contributed by atoms with Gasteiger partial charge in [0.25, 0.3) is 0 Å².